The van der Waals surface area contributed by atoms with E-state index < -0.39 is 0 Å². The molecular weight excluding hydrogens is 386 g/mol. The molecule has 2 heterocycles. The van der Waals surface area contributed by atoms with Crippen LogP contribution in [0.15, 0.2) is 54.3 Å². The van der Waals surface area contributed by atoms with Crippen LogP contribution < -0.4 is 9.80 Å². The quantitative estimate of drug-likeness (QED) is 0.701. The van der Waals surface area contributed by atoms with Crippen LogP contribution in [0.4, 0.5) is 11.4 Å². The average molecular weight is 420 g/mol. The molecule has 0 aliphatic carbocycles. The SMILES string of the molecule is CN1CCN(c2ccccc2C=C2OCCN(c3ccc(C(C)(C)C)cc3)C2=O)CC1. The fourth-order valence-electron chi connectivity index (χ4n) is 4.12. The Morgan fingerprint density at radius 3 is 2.26 bits per heavy atom. The lowest BCUT2D eigenvalue weighted by Crippen LogP contribution is -2.44. The minimum atomic E-state index is -0.0806. The summed E-state index contributed by atoms with van der Waals surface area (Å²) in [6.07, 6.45) is 1.91. The molecule has 2 fully saturated rings. The van der Waals surface area contributed by atoms with Gasteiger partial charge in [-0.1, -0.05) is 51.1 Å². The summed E-state index contributed by atoms with van der Waals surface area (Å²) in [4.78, 5) is 19.8. The highest BCUT2D eigenvalue weighted by Crippen LogP contribution is 2.29. The van der Waals surface area contributed by atoms with Gasteiger partial charge in [-0.15, -0.1) is 0 Å². The van der Waals surface area contributed by atoms with Crippen LogP contribution in [-0.2, 0) is 14.9 Å². The van der Waals surface area contributed by atoms with Crippen molar-refractivity contribution in [2.45, 2.75) is 26.2 Å². The lowest BCUT2D eigenvalue weighted by atomic mass is 9.87. The molecule has 0 saturated carbocycles. The molecule has 2 aliphatic rings. The third kappa shape index (κ3) is 4.77. The molecule has 2 saturated heterocycles. The van der Waals surface area contributed by atoms with E-state index in [1.807, 2.05) is 29.2 Å². The van der Waals surface area contributed by atoms with Crippen LogP contribution in [0.5, 0.6) is 0 Å². The Kier molecular flexibility index (Phi) is 6.05. The first-order valence-corrected chi connectivity index (χ1v) is 11.1. The van der Waals surface area contributed by atoms with Gasteiger partial charge >= 0.3 is 0 Å². The number of morpholine rings is 1. The maximum absolute atomic E-state index is 13.3. The predicted molar refractivity (Wildman–Crippen MR) is 128 cm³/mol. The number of likely N-dealkylation sites (N-methyl/N-ethyl adjacent to an activating group) is 1. The van der Waals surface area contributed by atoms with Crippen molar-refractivity contribution in [1.29, 1.82) is 0 Å². The first kappa shape index (κ1) is 21.4. The highest BCUT2D eigenvalue weighted by atomic mass is 16.5. The van der Waals surface area contributed by atoms with Gasteiger partial charge in [0.15, 0.2) is 5.76 Å². The molecule has 0 spiro atoms. The number of piperazine rings is 1. The average Bonchev–Trinajstić information content (AvgIpc) is 2.76. The Hall–Kier alpha value is -2.79. The third-order valence-electron chi connectivity index (χ3n) is 6.14. The van der Waals surface area contributed by atoms with Crippen LogP contribution in [0.1, 0.15) is 31.9 Å². The number of amides is 1. The van der Waals surface area contributed by atoms with Crippen molar-refractivity contribution in [3.8, 4) is 0 Å². The number of carbonyl (C=O) groups excluding carboxylic acids is 1. The smallest absolute Gasteiger partial charge is 0.293 e. The number of carbonyl (C=O) groups is 1. The third-order valence-corrected chi connectivity index (χ3v) is 6.14. The van der Waals surface area contributed by atoms with E-state index in [0.29, 0.717) is 18.9 Å². The molecule has 4 rings (SSSR count). The number of anilines is 2. The zero-order valence-electron chi connectivity index (χ0n) is 19.1. The highest BCUT2D eigenvalue weighted by molar-refractivity contribution is 6.07. The van der Waals surface area contributed by atoms with Gasteiger partial charge in [0.1, 0.15) is 6.61 Å². The molecule has 2 aromatic carbocycles. The van der Waals surface area contributed by atoms with Crippen molar-refractivity contribution in [2.75, 3.05) is 56.2 Å². The number of hydrogen-bond donors (Lipinski definition) is 0. The molecule has 0 radical (unpaired) electrons. The fraction of sp³-hybridized carbons (Fsp3) is 0.423. The monoisotopic (exact) mass is 419 g/mol. The van der Waals surface area contributed by atoms with E-state index in [4.69, 9.17) is 4.74 Å². The van der Waals surface area contributed by atoms with E-state index >= 15 is 0 Å². The van der Waals surface area contributed by atoms with Crippen LogP contribution in [0, 0.1) is 0 Å². The summed E-state index contributed by atoms with van der Waals surface area (Å²) < 4.78 is 5.83. The van der Waals surface area contributed by atoms with Crippen LogP contribution >= 0.6 is 0 Å². The van der Waals surface area contributed by atoms with Gasteiger partial charge in [-0.2, -0.15) is 0 Å². The normalized spacial score (nSPS) is 19.6. The van der Waals surface area contributed by atoms with Crippen LogP contribution in [0.3, 0.4) is 0 Å². The number of ether oxygens (including phenoxy) is 1. The van der Waals surface area contributed by atoms with Gasteiger partial charge in [0.25, 0.3) is 5.91 Å². The van der Waals surface area contributed by atoms with Gasteiger partial charge in [-0.05, 0) is 42.3 Å². The molecule has 0 atom stereocenters. The van der Waals surface area contributed by atoms with Crippen molar-refractivity contribution >= 4 is 23.4 Å². The molecule has 2 aliphatic heterocycles. The van der Waals surface area contributed by atoms with E-state index in [-0.39, 0.29) is 11.3 Å². The van der Waals surface area contributed by atoms with Gasteiger partial charge < -0.3 is 19.4 Å². The van der Waals surface area contributed by atoms with E-state index in [2.05, 4.69) is 68.0 Å². The lowest BCUT2D eigenvalue weighted by Gasteiger charge is -2.35. The minimum absolute atomic E-state index is 0.0806. The summed E-state index contributed by atoms with van der Waals surface area (Å²) in [5.41, 5.74) is 4.45. The molecule has 2 aromatic rings. The summed E-state index contributed by atoms with van der Waals surface area (Å²) >= 11 is 0. The summed E-state index contributed by atoms with van der Waals surface area (Å²) in [5, 5.41) is 0. The van der Waals surface area contributed by atoms with Crippen molar-refractivity contribution in [3.05, 3.63) is 65.4 Å². The van der Waals surface area contributed by atoms with Crippen molar-refractivity contribution < 1.29 is 9.53 Å². The summed E-state index contributed by atoms with van der Waals surface area (Å²) in [6, 6.07) is 16.6. The van der Waals surface area contributed by atoms with Gasteiger partial charge in [0.05, 0.1) is 6.54 Å². The van der Waals surface area contributed by atoms with Gasteiger partial charge in [0.2, 0.25) is 0 Å². The Labute approximate surface area is 185 Å². The molecule has 0 N–H and O–H groups in total. The lowest BCUT2D eigenvalue weighted by molar-refractivity contribution is -0.120. The second kappa shape index (κ2) is 8.75. The molecule has 31 heavy (non-hydrogen) atoms. The maximum atomic E-state index is 13.3. The van der Waals surface area contributed by atoms with E-state index in [1.165, 1.54) is 5.56 Å². The largest absolute Gasteiger partial charge is 0.486 e. The fourth-order valence-corrected chi connectivity index (χ4v) is 4.12. The number of benzene rings is 2. The maximum Gasteiger partial charge on any atom is 0.293 e. The minimum Gasteiger partial charge on any atom is -0.486 e. The predicted octanol–water partition coefficient (Wildman–Crippen LogP) is 4.14. The Bertz CT molecular complexity index is 951. The first-order valence-electron chi connectivity index (χ1n) is 11.1. The molecule has 1 amide bonds. The highest BCUT2D eigenvalue weighted by Gasteiger charge is 2.27. The molecule has 0 bridgehead atoms. The van der Waals surface area contributed by atoms with Gasteiger partial charge in [-0.3, -0.25) is 4.79 Å². The second-order valence-corrected chi connectivity index (χ2v) is 9.46. The van der Waals surface area contributed by atoms with Crippen molar-refractivity contribution in [3.63, 3.8) is 0 Å². The Balaban J connectivity index is 1.57. The van der Waals surface area contributed by atoms with E-state index in [0.717, 1.165) is 43.1 Å². The van der Waals surface area contributed by atoms with Crippen LogP contribution in [-0.4, -0.2) is 57.2 Å². The Morgan fingerprint density at radius 1 is 0.903 bits per heavy atom. The van der Waals surface area contributed by atoms with E-state index in [1.54, 1.807) is 0 Å². The van der Waals surface area contributed by atoms with Crippen LogP contribution in [0.2, 0.25) is 0 Å². The number of nitrogens with zero attached hydrogens (tertiary/aromatic N) is 3. The molecule has 5 heteroatoms. The zero-order chi connectivity index (χ0) is 22.0. The van der Waals surface area contributed by atoms with Crippen molar-refractivity contribution in [2.24, 2.45) is 0 Å². The molecule has 0 aromatic heterocycles. The molecular formula is C26H33N3O2. The molecule has 0 unspecified atom stereocenters. The second-order valence-electron chi connectivity index (χ2n) is 9.46. The Morgan fingerprint density at radius 2 is 1.58 bits per heavy atom. The first-order chi connectivity index (χ1) is 14.8. The zero-order valence-corrected chi connectivity index (χ0v) is 19.1. The molecule has 164 valence electrons. The van der Waals surface area contributed by atoms with E-state index in [9.17, 15) is 4.79 Å². The number of rotatable bonds is 3. The summed E-state index contributed by atoms with van der Waals surface area (Å²) in [7, 11) is 2.16. The standard InChI is InChI=1S/C26H33N3O2/c1-26(2,3)21-9-11-22(12-10-21)29-17-18-31-24(25(29)30)19-20-7-5-6-8-23(20)28-15-13-27(4)14-16-28/h5-12,19H,13-18H2,1-4H3. The topological polar surface area (TPSA) is 36.0 Å². The van der Waals surface area contributed by atoms with Gasteiger partial charge in [0, 0.05) is 43.1 Å². The summed E-state index contributed by atoms with van der Waals surface area (Å²) in [5.74, 6) is 0.329. The number of hydrogen-bond acceptors (Lipinski definition) is 4. The number of para-hydroxylation sites is 1. The van der Waals surface area contributed by atoms with Crippen molar-refractivity contribution in [1.82, 2.24) is 4.90 Å². The van der Waals surface area contributed by atoms with Gasteiger partial charge in [-0.25, -0.2) is 0 Å². The molecule has 5 nitrogen and oxygen atoms in total. The summed E-state index contributed by atoms with van der Waals surface area (Å²) in [6.45, 7) is 11.7. The van der Waals surface area contributed by atoms with Crippen LogP contribution in [0.25, 0.3) is 6.08 Å².